The Morgan fingerprint density at radius 2 is 2.08 bits per heavy atom. The first kappa shape index (κ1) is 15.3. The Labute approximate surface area is 138 Å². The molecule has 1 aromatic carbocycles. The maximum atomic E-state index is 13.9. The molecule has 0 saturated carbocycles. The van der Waals surface area contributed by atoms with Gasteiger partial charge in [-0.2, -0.15) is 0 Å². The zero-order valence-electron chi connectivity index (χ0n) is 13.6. The van der Waals surface area contributed by atoms with E-state index in [0.29, 0.717) is 16.9 Å². The lowest BCUT2D eigenvalue weighted by Crippen LogP contribution is -2.44. The van der Waals surface area contributed by atoms with E-state index in [2.05, 4.69) is 10.3 Å². The van der Waals surface area contributed by atoms with Crippen molar-refractivity contribution in [1.82, 2.24) is 9.55 Å². The summed E-state index contributed by atoms with van der Waals surface area (Å²) in [7, 11) is 0. The minimum Gasteiger partial charge on any atom is -0.325 e. The van der Waals surface area contributed by atoms with Crippen LogP contribution < -0.4 is 5.32 Å². The third-order valence-corrected chi connectivity index (χ3v) is 4.67. The summed E-state index contributed by atoms with van der Waals surface area (Å²) in [6.07, 6.45) is 2.48. The number of carbonyl (C=O) groups is 1. The maximum Gasteiger partial charge on any atom is 0.232 e. The van der Waals surface area contributed by atoms with Crippen molar-refractivity contribution >= 4 is 11.6 Å². The molecule has 6 nitrogen and oxygen atoms in total. The molecule has 1 aromatic heterocycles. The van der Waals surface area contributed by atoms with Gasteiger partial charge in [-0.15, -0.1) is 0 Å². The third-order valence-electron chi connectivity index (χ3n) is 4.67. The second-order valence-corrected chi connectivity index (χ2v) is 6.71. The molecule has 1 N–H and O–H groups in total. The van der Waals surface area contributed by atoms with Crippen molar-refractivity contribution < 1.29 is 18.7 Å². The summed E-state index contributed by atoms with van der Waals surface area (Å²) >= 11 is 0. The molecule has 0 bridgehead atoms. The van der Waals surface area contributed by atoms with E-state index in [1.807, 2.05) is 18.4 Å². The van der Waals surface area contributed by atoms with Gasteiger partial charge in [0, 0.05) is 11.3 Å². The van der Waals surface area contributed by atoms with Gasteiger partial charge in [-0.25, -0.2) is 9.37 Å². The molecule has 0 aliphatic carbocycles. The summed E-state index contributed by atoms with van der Waals surface area (Å²) in [5.41, 5.74) is 1.21. The first-order valence-electron chi connectivity index (χ1n) is 7.81. The van der Waals surface area contributed by atoms with Gasteiger partial charge in [-0.1, -0.05) is 0 Å². The maximum absolute atomic E-state index is 13.9. The van der Waals surface area contributed by atoms with E-state index in [-0.39, 0.29) is 18.0 Å². The lowest BCUT2D eigenvalue weighted by Gasteiger charge is -2.42. The highest BCUT2D eigenvalue weighted by atomic mass is 19.1. The zero-order valence-corrected chi connectivity index (χ0v) is 13.6. The molecule has 126 valence electrons. The van der Waals surface area contributed by atoms with Gasteiger partial charge < -0.3 is 19.4 Å². The van der Waals surface area contributed by atoms with Gasteiger partial charge in [0.05, 0.1) is 29.7 Å². The van der Waals surface area contributed by atoms with Crippen LogP contribution in [0.1, 0.15) is 44.4 Å². The van der Waals surface area contributed by atoms with Crippen LogP contribution in [-0.2, 0) is 14.3 Å². The molecule has 0 radical (unpaired) electrons. The van der Waals surface area contributed by atoms with Crippen molar-refractivity contribution in [3.8, 4) is 0 Å². The minimum absolute atomic E-state index is 0.130. The average molecular weight is 331 g/mol. The summed E-state index contributed by atoms with van der Waals surface area (Å²) in [5.74, 6) is -0.479. The number of anilines is 1. The van der Waals surface area contributed by atoms with E-state index in [0.717, 1.165) is 0 Å². The van der Waals surface area contributed by atoms with Gasteiger partial charge in [0.15, 0.2) is 6.29 Å². The van der Waals surface area contributed by atoms with Crippen LogP contribution in [0.2, 0.25) is 0 Å². The molecule has 7 heteroatoms. The number of rotatable bonds is 2. The number of halogens is 1. The molecule has 2 aliphatic heterocycles. The number of amides is 1. The van der Waals surface area contributed by atoms with Crippen molar-refractivity contribution in [3.05, 3.63) is 47.8 Å². The Morgan fingerprint density at radius 1 is 1.33 bits per heavy atom. The highest BCUT2D eigenvalue weighted by Crippen LogP contribution is 2.46. The van der Waals surface area contributed by atoms with Gasteiger partial charge in [-0.05, 0) is 39.0 Å². The van der Waals surface area contributed by atoms with E-state index < -0.39 is 17.7 Å². The molecule has 1 unspecified atom stereocenters. The topological polar surface area (TPSA) is 65.4 Å². The molecule has 1 atom stereocenters. The van der Waals surface area contributed by atoms with Crippen molar-refractivity contribution in [2.75, 3.05) is 5.32 Å². The molecule has 2 aliphatic rings. The summed E-state index contributed by atoms with van der Waals surface area (Å²) < 4.78 is 26.8. The number of hydrogen-bond donors (Lipinski definition) is 1. The number of ether oxygens (including phenoxy) is 2. The number of carbonyl (C=O) groups excluding carboxylic acids is 1. The van der Waals surface area contributed by atoms with Crippen molar-refractivity contribution in [3.63, 3.8) is 0 Å². The first-order chi connectivity index (χ1) is 11.4. The predicted octanol–water partition coefficient (Wildman–Crippen LogP) is 2.98. The highest BCUT2D eigenvalue weighted by molar-refractivity contribution is 5.98. The molecule has 2 aromatic rings. The summed E-state index contributed by atoms with van der Waals surface area (Å²) in [5, 5.41) is 2.85. The second kappa shape index (κ2) is 5.12. The van der Waals surface area contributed by atoms with Crippen molar-refractivity contribution in [2.24, 2.45) is 5.41 Å². The summed E-state index contributed by atoms with van der Waals surface area (Å²) in [6.45, 7) is 5.46. The highest BCUT2D eigenvalue weighted by Gasteiger charge is 2.46. The summed E-state index contributed by atoms with van der Waals surface area (Å²) in [4.78, 5) is 16.8. The average Bonchev–Trinajstić information content (AvgIpc) is 2.94. The van der Waals surface area contributed by atoms with Gasteiger partial charge in [0.2, 0.25) is 12.2 Å². The van der Waals surface area contributed by atoms with Gasteiger partial charge in [0.25, 0.3) is 0 Å². The fourth-order valence-corrected chi connectivity index (χ4v) is 3.38. The Bertz CT molecular complexity index is 811. The Morgan fingerprint density at radius 3 is 2.79 bits per heavy atom. The van der Waals surface area contributed by atoms with Crippen LogP contribution in [-0.4, -0.2) is 21.7 Å². The number of nitrogens with zero attached hydrogens (tertiary/aromatic N) is 2. The quantitative estimate of drug-likeness (QED) is 0.919. The fraction of sp³-hybridized carbons (Fsp3) is 0.412. The molecule has 1 fully saturated rings. The molecular formula is C17H18FN3O3. The first-order valence-corrected chi connectivity index (χ1v) is 7.81. The Balaban J connectivity index is 1.86. The van der Waals surface area contributed by atoms with E-state index >= 15 is 0 Å². The molecule has 1 amide bonds. The molecule has 1 saturated heterocycles. The van der Waals surface area contributed by atoms with Crippen LogP contribution in [0.3, 0.4) is 0 Å². The van der Waals surface area contributed by atoms with Crippen LogP contribution in [0, 0.1) is 11.2 Å². The fourth-order valence-electron chi connectivity index (χ4n) is 3.38. The van der Waals surface area contributed by atoms with Crippen LogP contribution in [0.15, 0.2) is 30.7 Å². The van der Waals surface area contributed by atoms with Crippen molar-refractivity contribution in [1.29, 1.82) is 0 Å². The second-order valence-electron chi connectivity index (χ2n) is 6.71. The monoisotopic (exact) mass is 331 g/mol. The van der Waals surface area contributed by atoms with Crippen LogP contribution in [0.25, 0.3) is 0 Å². The predicted molar refractivity (Wildman–Crippen MR) is 83.5 cm³/mol. The number of benzene rings is 1. The van der Waals surface area contributed by atoms with E-state index in [1.54, 1.807) is 25.5 Å². The molecular weight excluding hydrogens is 313 g/mol. The molecule has 0 spiro atoms. The molecule has 3 heterocycles. The number of fused-ring (bicyclic) bond motifs is 1. The van der Waals surface area contributed by atoms with E-state index in [1.165, 1.54) is 12.1 Å². The standard InChI is InChI=1S/C17H18FN3O3/c1-9-23-15(24-9)13-7-19-8-21(13)14-11-6-10(18)4-5-12(11)20-16(22)17(14,2)3/h4-9,14-15H,1-3H3,(H,20,22). The van der Waals surface area contributed by atoms with E-state index in [4.69, 9.17) is 9.47 Å². The van der Waals surface area contributed by atoms with Crippen LogP contribution >= 0.6 is 0 Å². The van der Waals surface area contributed by atoms with Crippen LogP contribution in [0.4, 0.5) is 10.1 Å². The lowest BCUT2D eigenvalue weighted by molar-refractivity contribution is -0.384. The van der Waals surface area contributed by atoms with Crippen LogP contribution in [0.5, 0.6) is 0 Å². The third kappa shape index (κ3) is 2.16. The SMILES string of the molecule is CC1OC(c2cncn2C2c3cc(F)ccc3NC(=O)C2(C)C)O1. The lowest BCUT2D eigenvalue weighted by atomic mass is 9.76. The Hall–Kier alpha value is -2.25. The summed E-state index contributed by atoms with van der Waals surface area (Å²) in [6, 6.07) is 3.96. The van der Waals surface area contributed by atoms with Gasteiger partial charge in [-0.3, -0.25) is 4.79 Å². The Kier molecular flexibility index (Phi) is 3.26. The largest absolute Gasteiger partial charge is 0.325 e. The van der Waals surface area contributed by atoms with Gasteiger partial charge in [0.1, 0.15) is 5.82 Å². The molecule has 24 heavy (non-hydrogen) atoms. The molecule has 4 rings (SSSR count). The van der Waals surface area contributed by atoms with Gasteiger partial charge >= 0.3 is 0 Å². The number of nitrogens with one attached hydrogen (secondary N) is 1. The number of aromatic nitrogens is 2. The number of hydrogen-bond acceptors (Lipinski definition) is 4. The zero-order chi connectivity index (χ0) is 17.1. The van der Waals surface area contributed by atoms with E-state index in [9.17, 15) is 9.18 Å². The smallest absolute Gasteiger partial charge is 0.232 e. The number of imidazole rings is 1. The minimum atomic E-state index is -0.800. The normalized spacial score (nSPS) is 28.0. The van der Waals surface area contributed by atoms with Crippen molar-refractivity contribution in [2.45, 2.75) is 39.4 Å².